The van der Waals surface area contributed by atoms with E-state index in [2.05, 4.69) is 0 Å². The first-order valence-electron chi connectivity index (χ1n) is 12.3. The first-order chi connectivity index (χ1) is 19.4. The molecule has 0 unspecified atom stereocenters. The lowest BCUT2D eigenvalue weighted by Crippen LogP contribution is -2.33. The van der Waals surface area contributed by atoms with Gasteiger partial charge in [-0.05, 0) is 56.3 Å². The molecule has 216 valence electrons. The molecule has 3 N–H and O–H groups in total. The summed E-state index contributed by atoms with van der Waals surface area (Å²) in [6, 6.07) is 16.2. The van der Waals surface area contributed by atoms with Crippen LogP contribution < -0.4 is 19.5 Å². The summed E-state index contributed by atoms with van der Waals surface area (Å²) in [5.41, 5.74) is 5.57. The number of hydrogen-bond donors (Lipinski definition) is 2. The number of furan rings is 1. The summed E-state index contributed by atoms with van der Waals surface area (Å²) in [5.74, 6) is -0.0744. The number of para-hydroxylation sites is 1. The van der Waals surface area contributed by atoms with Gasteiger partial charge in [-0.3, -0.25) is 4.31 Å². The Kier molecular flexibility index (Phi) is 8.76. The van der Waals surface area contributed by atoms with E-state index in [9.17, 15) is 23.1 Å². The molecule has 0 saturated heterocycles. The number of hydrogen-bond acceptors (Lipinski definition) is 9. The molecule has 3 aromatic carbocycles. The number of carbonyl (C=O) groups is 2. The number of nitrogens with zero attached hydrogens (tertiary/aromatic N) is 1. The van der Waals surface area contributed by atoms with E-state index < -0.39 is 28.7 Å². The smallest absolute Gasteiger partial charge is 0.412 e. The molecule has 0 spiro atoms. The average molecular weight is 603 g/mol. The van der Waals surface area contributed by atoms with Crippen LogP contribution in [0.3, 0.4) is 0 Å². The van der Waals surface area contributed by atoms with Crippen LogP contribution in [0.5, 0.6) is 17.2 Å². The Bertz CT molecular complexity index is 1700. The number of ether oxygens (including phenoxy) is 3. The zero-order chi connectivity index (χ0) is 29.9. The molecule has 41 heavy (non-hydrogen) atoms. The van der Waals surface area contributed by atoms with Gasteiger partial charge in [0.2, 0.25) is 10.0 Å². The van der Waals surface area contributed by atoms with Crippen molar-refractivity contribution in [1.29, 1.82) is 0 Å². The highest BCUT2D eigenvalue weighted by molar-refractivity contribution is 7.92. The van der Waals surface area contributed by atoms with Gasteiger partial charge in [0.1, 0.15) is 34.2 Å². The van der Waals surface area contributed by atoms with E-state index in [0.29, 0.717) is 22.1 Å². The predicted octanol–water partition coefficient (Wildman–Crippen LogP) is 5.33. The van der Waals surface area contributed by atoms with E-state index in [-0.39, 0.29) is 46.4 Å². The van der Waals surface area contributed by atoms with E-state index >= 15 is 0 Å². The Morgan fingerprint density at radius 2 is 1.76 bits per heavy atom. The Balaban J connectivity index is 1.89. The van der Waals surface area contributed by atoms with E-state index in [0.717, 1.165) is 10.6 Å². The summed E-state index contributed by atoms with van der Waals surface area (Å²) in [6.45, 7) is 2.75. The van der Waals surface area contributed by atoms with Gasteiger partial charge in [-0.2, -0.15) is 0 Å². The molecule has 0 bridgehead atoms. The van der Waals surface area contributed by atoms with Gasteiger partial charge in [0.15, 0.2) is 0 Å². The first kappa shape index (κ1) is 29.7. The summed E-state index contributed by atoms with van der Waals surface area (Å²) in [7, 11) is -3.85. The third-order valence-electron chi connectivity index (χ3n) is 5.68. The number of fused-ring (bicyclic) bond motifs is 1. The Morgan fingerprint density at radius 1 is 1.07 bits per heavy atom. The maximum Gasteiger partial charge on any atom is 0.412 e. The van der Waals surface area contributed by atoms with E-state index in [1.807, 2.05) is 0 Å². The summed E-state index contributed by atoms with van der Waals surface area (Å²) in [6.07, 6.45) is -0.721. The van der Waals surface area contributed by atoms with Crippen LogP contribution in [0.4, 0.5) is 10.5 Å². The van der Waals surface area contributed by atoms with Crippen molar-refractivity contribution in [2.75, 3.05) is 23.7 Å². The summed E-state index contributed by atoms with van der Waals surface area (Å²) < 4.78 is 48.6. The normalized spacial score (nSPS) is 11.5. The quantitative estimate of drug-likeness (QED) is 0.181. The maximum atomic E-state index is 13.1. The van der Waals surface area contributed by atoms with Crippen LogP contribution in [0, 0.1) is 0 Å². The average Bonchev–Trinajstić information content (AvgIpc) is 3.26. The molecule has 0 radical (unpaired) electrons. The molecule has 1 aromatic heterocycles. The van der Waals surface area contributed by atoms with Crippen molar-refractivity contribution in [3.8, 4) is 28.6 Å². The number of rotatable bonds is 10. The van der Waals surface area contributed by atoms with Gasteiger partial charge < -0.3 is 29.5 Å². The van der Waals surface area contributed by atoms with Crippen molar-refractivity contribution < 1.29 is 41.7 Å². The van der Waals surface area contributed by atoms with E-state index in [1.54, 1.807) is 62.4 Å². The standard InChI is InChI=1S/C28H27ClN2O9S/c1-16(2)37-24-14-19-23(15-21(24)31(12-13-32)41(3,35)36)39-26(25(19)27(33)40-28(30)34)17-8-10-18(11-9-17)38-22-7-5-4-6-20(22)29/h4-11,14-16,32H,12-13H2,1-3H3,(H2,30,34). The number of anilines is 1. The molecule has 0 aliphatic carbocycles. The number of aliphatic hydroxyl groups is 1. The Hall–Kier alpha value is -4.26. The van der Waals surface area contributed by atoms with Crippen molar-refractivity contribution in [2.45, 2.75) is 20.0 Å². The second kappa shape index (κ2) is 12.1. The number of benzene rings is 3. The number of esters is 1. The molecule has 0 atom stereocenters. The Morgan fingerprint density at radius 3 is 2.34 bits per heavy atom. The fourth-order valence-electron chi connectivity index (χ4n) is 4.09. The number of nitrogens with two attached hydrogens (primary N) is 1. The molecule has 11 nitrogen and oxygen atoms in total. The zero-order valence-electron chi connectivity index (χ0n) is 22.3. The molecular weight excluding hydrogens is 576 g/mol. The molecule has 0 aliphatic rings. The fourth-order valence-corrected chi connectivity index (χ4v) is 5.18. The monoisotopic (exact) mass is 602 g/mol. The molecule has 4 rings (SSSR count). The summed E-state index contributed by atoms with van der Waals surface area (Å²) in [4.78, 5) is 24.6. The minimum atomic E-state index is -3.85. The largest absolute Gasteiger partial charge is 0.489 e. The van der Waals surface area contributed by atoms with Crippen molar-refractivity contribution in [3.63, 3.8) is 0 Å². The van der Waals surface area contributed by atoms with Crippen molar-refractivity contribution >= 4 is 50.3 Å². The second-order valence-corrected chi connectivity index (χ2v) is 11.4. The Labute approximate surface area is 241 Å². The summed E-state index contributed by atoms with van der Waals surface area (Å²) >= 11 is 6.18. The van der Waals surface area contributed by atoms with Gasteiger partial charge in [-0.15, -0.1) is 0 Å². The van der Waals surface area contributed by atoms with Crippen LogP contribution in [0.15, 0.2) is 65.1 Å². The van der Waals surface area contributed by atoms with Gasteiger partial charge in [0.05, 0.1) is 36.2 Å². The predicted molar refractivity (Wildman–Crippen MR) is 153 cm³/mol. The molecule has 0 saturated carbocycles. The number of halogens is 1. The first-order valence-corrected chi connectivity index (χ1v) is 14.5. The second-order valence-electron chi connectivity index (χ2n) is 9.11. The van der Waals surface area contributed by atoms with Crippen LogP contribution in [0.2, 0.25) is 5.02 Å². The van der Waals surface area contributed by atoms with Gasteiger partial charge in [0, 0.05) is 17.0 Å². The molecule has 0 aliphatic heterocycles. The van der Waals surface area contributed by atoms with E-state index in [1.165, 1.54) is 12.1 Å². The molecule has 4 aromatic rings. The molecule has 0 fully saturated rings. The topological polar surface area (TPSA) is 159 Å². The molecule has 1 heterocycles. The van der Waals surface area contributed by atoms with Crippen LogP contribution in [0.1, 0.15) is 24.2 Å². The molecule has 13 heteroatoms. The van der Waals surface area contributed by atoms with Crippen LogP contribution >= 0.6 is 11.6 Å². The van der Waals surface area contributed by atoms with Crippen molar-refractivity contribution in [2.24, 2.45) is 5.73 Å². The van der Waals surface area contributed by atoms with E-state index in [4.69, 9.17) is 36.0 Å². The lowest BCUT2D eigenvalue weighted by molar-refractivity contribution is 0.0640. The van der Waals surface area contributed by atoms with Gasteiger partial charge >= 0.3 is 12.1 Å². The van der Waals surface area contributed by atoms with Gasteiger partial charge in [-0.25, -0.2) is 18.0 Å². The number of aliphatic hydroxyl groups excluding tert-OH is 1. The summed E-state index contributed by atoms with van der Waals surface area (Å²) in [5, 5.41) is 10.1. The lowest BCUT2D eigenvalue weighted by Gasteiger charge is -2.25. The highest BCUT2D eigenvalue weighted by Crippen LogP contribution is 2.42. The molecular formula is C28H27ClN2O9S. The van der Waals surface area contributed by atoms with Gasteiger partial charge in [0.25, 0.3) is 0 Å². The SMILES string of the molecule is CC(C)Oc1cc2c(C(=O)OC(N)=O)c(-c3ccc(Oc4ccccc4Cl)cc3)oc2cc1N(CCO)S(C)(=O)=O. The third kappa shape index (κ3) is 6.73. The van der Waals surface area contributed by atoms with Gasteiger partial charge in [-0.1, -0.05) is 23.7 Å². The minimum Gasteiger partial charge on any atom is -0.489 e. The highest BCUT2D eigenvalue weighted by atomic mass is 35.5. The number of primary amides is 1. The van der Waals surface area contributed by atoms with Crippen LogP contribution in [-0.4, -0.2) is 51.1 Å². The number of carbonyl (C=O) groups excluding carboxylic acids is 2. The maximum absolute atomic E-state index is 13.1. The lowest BCUT2D eigenvalue weighted by atomic mass is 10.0. The van der Waals surface area contributed by atoms with Crippen LogP contribution in [0.25, 0.3) is 22.3 Å². The fraction of sp³-hybridized carbons (Fsp3) is 0.214. The number of sulfonamides is 1. The zero-order valence-corrected chi connectivity index (χ0v) is 23.9. The number of amides is 1. The minimum absolute atomic E-state index is 0.0243. The highest BCUT2D eigenvalue weighted by Gasteiger charge is 2.29. The third-order valence-corrected chi connectivity index (χ3v) is 7.17. The van der Waals surface area contributed by atoms with Crippen molar-refractivity contribution in [1.82, 2.24) is 0 Å². The molecule has 1 amide bonds. The van der Waals surface area contributed by atoms with Crippen molar-refractivity contribution in [3.05, 3.63) is 71.2 Å². The van der Waals surface area contributed by atoms with Crippen LogP contribution in [-0.2, 0) is 14.8 Å².